The van der Waals surface area contributed by atoms with Crippen LogP contribution in [0.15, 0.2) is 5.03 Å². The van der Waals surface area contributed by atoms with Crippen molar-refractivity contribution >= 4 is 10.0 Å². The van der Waals surface area contributed by atoms with Gasteiger partial charge in [0.05, 0.1) is 0 Å². The monoisotopic (exact) mass is 314 g/mol. The van der Waals surface area contributed by atoms with E-state index in [2.05, 4.69) is 15.5 Å². The van der Waals surface area contributed by atoms with Crippen molar-refractivity contribution in [1.82, 2.24) is 19.8 Å². The van der Waals surface area contributed by atoms with Gasteiger partial charge in [0.1, 0.15) is 0 Å². The molecule has 1 aliphatic rings. The molecule has 1 fully saturated rings. The van der Waals surface area contributed by atoms with Crippen molar-refractivity contribution < 1.29 is 8.42 Å². The standard InChI is InChI=1S/C14H26N4O2S/c1-4-15-9-13-11(2)16-17-14(13)21(19,20)18(3)10-12-7-5-6-8-12/h12,15H,4-10H2,1-3H3,(H,16,17). The second kappa shape index (κ2) is 6.89. The lowest BCUT2D eigenvalue weighted by Crippen LogP contribution is -2.32. The van der Waals surface area contributed by atoms with Crippen LogP contribution >= 0.6 is 0 Å². The molecule has 1 heterocycles. The predicted octanol–water partition coefficient (Wildman–Crippen LogP) is 1.64. The average molecular weight is 314 g/mol. The van der Waals surface area contributed by atoms with Crippen LogP contribution in [0.3, 0.4) is 0 Å². The lowest BCUT2D eigenvalue weighted by atomic mass is 10.1. The lowest BCUT2D eigenvalue weighted by Gasteiger charge is -2.20. The van der Waals surface area contributed by atoms with Crippen molar-refractivity contribution in [3.05, 3.63) is 11.3 Å². The van der Waals surface area contributed by atoms with Gasteiger partial charge >= 0.3 is 0 Å². The molecule has 120 valence electrons. The number of aromatic nitrogens is 2. The van der Waals surface area contributed by atoms with Crippen LogP contribution in [0.4, 0.5) is 0 Å². The molecule has 21 heavy (non-hydrogen) atoms. The Kier molecular flexibility index (Phi) is 5.40. The highest BCUT2D eigenvalue weighted by Crippen LogP contribution is 2.27. The molecular formula is C14H26N4O2S. The van der Waals surface area contributed by atoms with Crippen LogP contribution in [0.5, 0.6) is 0 Å². The number of aryl methyl sites for hydroxylation is 1. The van der Waals surface area contributed by atoms with E-state index in [1.165, 1.54) is 17.1 Å². The second-order valence-electron chi connectivity index (χ2n) is 5.85. The van der Waals surface area contributed by atoms with Gasteiger partial charge in [0.2, 0.25) is 0 Å². The van der Waals surface area contributed by atoms with Crippen LogP contribution in [-0.4, -0.2) is 43.1 Å². The summed E-state index contributed by atoms with van der Waals surface area (Å²) in [6, 6.07) is 0. The molecule has 0 saturated heterocycles. The number of H-pyrrole nitrogens is 1. The summed E-state index contributed by atoms with van der Waals surface area (Å²) in [7, 11) is -1.85. The van der Waals surface area contributed by atoms with Crippen molar-refractivity contribution in [3.8, 4) is 0 Å². The Hall–Kier alpha value is -0.920. The summed E-state index contributed by atoms with van der Waals surface area (Å²) < 4.78 is 26.9. The second-order valence-corrected chi connectivity index (χ2v) is 7.81. The molecule has 0 atom stereocenters. The molecule has 2 rings (SSSR count). The Balaban J connectivity index is 2.17. The van der Waals surface area contributed by atoms with Gasteiger partial charge in [-0.25, -0.2) is 8.42 Å². The Morgan fingerprint density at radius 1 is 1.38 bits per heavy atom. The van der Waals surface area contributed by atoms with Gasteiger partial charge in [-0.3, -0.25) is 5.10 Å². The number of nitrogens with one attached hydrogen (secondary N) is 2. The van der Waals surface area contributed by atoms with Gasteiger partial charge < -0.3 is 5.32 Å². The third-order valence-electron chi connectivity index (χ3n) is 4.23. The summed E-state index contributed by atoms with van der Waals surface area (Å²) in [6.07, 6.45) is 4.69. The molecule has 0 radical (unpaired) electrons. The fourth-order valence-electron chi connectivity index (χ4n) is 2.90. The number of hydrogen-bond donors (Lipinski definition) is 2. The molecule has 0 aromatic carbocycles. The summed E-state index contributed by atoms with van der Waals surface area (Å²) in [5.74, 6) is 0.488. The van der Waals surface area contributed by atoms with E-state index < -0.39 is 10.0 Å². The number of rotatable bonds is 7. The fraction of sp³-hybridized carbons (Fsp3) is 0.786. The molecule has 1 aromatic heterocycles. The molecule has 2 N–H and O–H groups in total. The zero-order valence-electron chi connectivity index (χ0n) is 13.1. The predicted molar refractivity (Wildman–Crippen MR) is 82.5 cm³/mol. The smallest absolute Gasteiger partial charge is 0.262 e. The molecule has 0 amide bonds. The highest BCUT2D eigenvalue weighted by atomic mass is 32.2. The van der Waals surface area contributed by atoms with E-state index in [0.717, 1.165) is 30.6 Å². The first-order valence-corrected chi connectivity index (χ1v) is 9.11. The van der Waals surface area contributed by atoms with Crippen molar-refractivity contribution in [1.29, 1.82) is 0 Å². The van der Waals surface area contributed by atoms with Crippen LogP contribution in [0, 0.1) is 12.8 Å². The average Bonchev–Trinajstić information content (AvgIpc) is 3.06. The number of aromatic amines is 1. The zero-order valence-corrected chi connectivity index (χ0v) is 14.0. The van der Waals surface area contributed by atoms with Crippen LogP contribution < -0.4 is 5.32 Å². The Bertz CT molecular complexity index is 562. The summed E-state index contributed by atoms with van der Waals surface area (Å²) in [6.45, 7) is 5.76. The molecule has 0 spiro atoms. The van der Waals surface area contributed by atoms with Gasteiger partial charge in [-0.05, 0) is 32.2 Å². The van der Waals surface area contributed by atoms with E-state index in [1.807, 2.05) is 13.8 Å². The molecule has 1 aromatic rings. The highest BCUT2D eigenvalue weighted by Gasteiger charge is 2.30. The molecule has 0 aliphatic heterocycles. The SMILES string of the molecule is CCNCc1c(S(=O)(=O)N(C)CC2CCCC2)n[nH]c1C. The molecular weight excluding hydrogens is 288 g/mol. The van der Waals surface area contributed by atoms with Gasteiger partial charge in [-0.2, -0.15) is 9.40 Å². The fourth-order valence-corrected chi connectivity index (χ4v) is 4.30. The first-order valence-electron chi connectivity index (χ1n) is 7.67. The maximum Gasteiger partial charge on any atom is 0.262 e. The first kappa shape index (κ1) is 16.5. The highest BCUT2D eigenvalue weighted by molar-refractivity contribution is 7.89. The maximum absolute atomic E-state index is 12.7. The van der Waals surface area contributed by atoms with Gasteiger partial charge in [-0.15, -0.1) is 0 Å². The minimum Gasteiger partial charge on any atom is -0.313 e. The van der Waals surface area contributed by atoms with Crippen molar-refractivity contribution in [2.75, 3.05) is 20.1 Å². The lowest BCUT2D eigenvalue weighted by molar-refractivity contribution is 0.385. The largest absolute Gasteiger partial charge is 0.313 e. The Morgan fingerprint density at radius 3 is 2.67 bits per heavy atom. The normalized spacial score (nSPS) is 17.0. The van der Waals surface area contributed by atoms with Crippen molar-refractivity contribution in [2.24, 2.45) is 5.92 Å². The zero-order chi connectivity index (χ0) is 15.5. The van der Waals surface area contributed by atoms with E-state index in [9.17, 15) is 8.42 Å². The van der Waals surface area contributed by atoms with E-state index in [-0.39, 0.29) is 5.03 Å². The summed E-state index contributed by atoms with van der Waals surface area (Å²) in [5, 5.41) is 10.2. The Labute approximate surface area is 127 Å². The molecule has 6 nitrogen and oxygen atoms in total. The van der Waals surface area contributed by atoms with Crippen LogP contribution in [-0.2, 0) is 16.6 Å². The molecule has 1 saturated carbocycles. The number of sulfonamides is 1. The van der Waals surface area contributed by atoms with E-state index in [0.29, 0.717) is 19.0 Å². The first-order chi connectivity index (χ1) is 9.96. The van der Waals surface area contributed by atoms with Crippen LogP contribution in [0.25, 0.3) is 0 Å². The maximum atomic E-state index is 12.7. The summed E-state index contributed by atoms with van der Waals surface area (Å²) in [4.78, 5) is 0. The molecule has 0 unspecified atom stereocenters. The van der Waals surface area contributed by atoms with Crippen LogP contribution in [0.2, 0.25) is 0 Å². The third kappa shape index (κ3) is 3.64. The van der Waals surface area contributed by atoms with Crippen LogP contribution in [0.1, 0.15) is 43.9 Å². The van der Waals surface area contributed by atoms with Gasteiger partial charge in [0.25, 0.3) is 10.0 Å². The molecule has 0 bridgehead atoms. The van der Waals surface area contributed by atoms with Crippen molar-refractivity contribution in [2.45, 2.75) is 51.1 Å². The Morgan fingerprint density at radius 2 is 2.05 bits per heavy atom. The van der Waals surface area contributed by atoms with Gasteiger partial charge in [0, 0.05) is 31.4 Å². The quantitative estimate of drug-likeness (QED) is 0.802. The van der Waals surface area contributed by atoms with E-state index in [1.54, 1.807) is 7.05 Å². The van der Waals surface area contributed by atoms with Gasteiger partial charge in [0.15, 0.2) is 5.03 Å². The number of nitrogens with zero attached hydrogens (tertiary/aromatic N) is 2. The minimum atomic E-state index is -3.52. The van der Waals surface area contributed by atoms with Crippen molar-refractivity contribution in [3.63, 3.8) is 0 Å². The minimum absolute atomic E-state index is 0.168. The molecule has 7 heteroatoms. The van der Waals surface area contributed by atoms with E-state index in [4.69, 9.17) is 0 Å². The number of hydrogen-bond acceptors (Lipinski definition) is 4. The van der Waals surface area contributed by atoms with E-state index >= 15 is 0 Å². The van der Waals surface area contributed by atoms with Gasteiger partial charge in [-0.1, -0.05) is 19.8 Å². The molecule has 1 aliphatic carbocycles. The summed E-state index contributed by atoms with van der Waals surface area (Å²) >= 11 is 0. The third-order valence-corrected chi connectivity index (χ3v) is 6.03. The topological polar surface area (TPSA) is 78.1 Å². The summed E-state index contributed by atoms with van der Waals surface area (Å²) in [5.41, 5.74) is 1.55.